The Bertz CT molecular complexity index is 1140. The predicted octanol–water partition coefficient (Wildman–Crippen LogP) is 6.78. The molecule has 0 unspecified atom stereocenters. The molecule has 0 aromatic rings. The van der Waals surface area contributed by atoms with Crippen LogP contribution in [0.1, 0.15) is 6.42 Å². The van der Waals surface area contributed by atoms with Gasteiger partial charge < -0.3 is 43.0 Å². The van der Waals surface area contributed by atoms with Gasteiger partial charge in [0.15, 0.2) is 0 Å². The third kappa shape index (κ3) is 13.3. The molecule has 0 aliphatic rings. The molecule has 0 atom stereocenters. The van der Waals surface area contributed by atoms with E-state index in [0.717, 1.165) is 0 Å². The number of hydrogen-bond donors (Lipinski definition) is 1. The van der Waals surface area contributed by atoms with E-state index in [1.807, 2.05) is 0 Å². The van der Waals surface area contributed by atoms with Crippen molar-refractivity contribution < 1.29 is 135 Å². The Kier molecular flexibility index (Phi) is 22.1. The Labute approximate surface area is 314 Å². The van der Waals surface area contributed by atoms with Crippen molar-refractivity contribution in [3.8, 4) is 0 Å². The van der Waals surface area contributed by atoms with Crippen molar-refractivity contribution in [2.75, 3.05) is 112 Å². The smallest absolute Gasteiger partial charge is 0.394 e. The maximum absolute atomic E-state index is 14.0. The van der Waals surface area contributed by atoms with Gasteiger partial charge in [0.2, 0.25) is 0 Å². The summed E-state index contributed by atoms with van der Waals surface area (Å²) >= 11 is 0. The van der Waals surface area contributed by atoms with Crippen LogP contribution in [-0.2, 0) is 37.9 Å². The normalized spacial score (nSPS) is 14.8. The molecule has 0 bridgehead atoms. The number of aliphatic hydroxyl groups excluding tert-OH is 1. The van der Waals surface area contributed by atoms with Crippen molar-refractivity contribution in [3.05, 3.63) is 0 Å². The predicted molar refractivity (Wildman–Crippen MR) is 149 cm³/mol. The molecule has 0 aliphatic heterocycles. The SMILES string of the molecule is OCCOCCOCCOCCOCCOCCOCCOCCOCCC(F)(F)C(F)(F)C(F)(F)C(F)(F)C(F)(F)C(F)(F)C(F)(F)C(F)(F)C(F)(F)C(F)(F)F. The molecule has 0 saturated carbocycles. The summed E-state index contributed by atoms with van der Waals surface area (Å²) in [5.41, 5.74) is 0. The molecule has 0 amide bonds. The first kappa shape index (κ1) is 56.2. The van der Waals surface area contributed by atoms with Gasteiger partial charge in [0, 0.05) is 6.42 Å². The van der Waals surface area contributed by atoms with E-state index in [-0.39, 0.29) is 66.1 Å². The molecule has 0 rings (SSSR count). The van der Waals surface area contributed by atoms with Crippen LogP contribution in [-0.4, -0.2) is 177 Å². The second-order valence-electron chi connectivity index (χ2n) is 11.2. The average molecular weight is 917 g/mol. The number of ether oxygens (including phenoxy) is 8. The van der Waals surface area contributed by atoms with Crippen molar-refractivity contribution in [2.45, 2.75) is 65.9 Å². The highest BCUT2D eigenvalue weighted by Gasteiger charge is 2.97. The summed E-state index contributed by atoms with van der Waals surface area (Å²) in [6.07, 6.45) is -10.9. The lowest BCUT2D eigenvalue weighted by molar-refractivity contribution is -0.474. The summed E-state index contributed by atoms with van der Waals surface area (Å²) in [6.45, 7) is -1.26. The number of hydrogen-bond acceptors (Lipinski definition) is 9. The van der Waals surface area contributed by atoms with Gasteiger partial charge in [0.1, 0.15) is 0 Å². The van der Waals surface area contributed by atoms with Crippen LogP contribution in [0.4, 0.5) is 92.2 Å². The zero-order chi connectivity index (χ0) is 45.4. The van der Waals surface area contributed by atoms with Gasteiger partial charge in [0.25, 0.3) is 0 Å². The fourth-order valence-electron chi connectivity index (χ4n) is 3.65. The second-order valence-corrected chi connectivity index (χ2v) is 11.2. The van der Waals surface area contributed by atoms with Crippen LogP contribution in [0.25, 0.3) is 0 Å². The molecule has 30 heteroatoms. The van der Waals surface area contributed by atoms with Gasteiger partial charge in [-0.25, -0.2) is 0 Å². The standard InChI is InChI=1S/C28H37F21O9/c29-19(30,1-3-51-5-7-53-9-11-55-13-15-57-17-18-58-16-14-56-12-10-54-8-6-52-4-2-50)20(31,32)21(33,34)22(35,36)23(37,38)24(39,40)25(41,42)26(43,44)27(45,46)28(47,48)49/h50H,1-18H2. The molecule has 0 aliphatic carbocycles. The summed E-state index contributed by atoms with van der Waals surface area (Å²) in [7, 11) is 0. The Morgan fingerprint density at radius 1 is 0.241 bits per heavy atom. The largest absolute Gasteiger partial charge is 0.460 e. The fraction of sp³-hybridized carbons (Fsp3) is 1.00. The molecule has 0 radical (unpaired) electrons. The van der Waals surface area contributed by atoms with Crippen LogP contribution in [0, 0.1) is 0 Å². The van der Waals surface area contributed by atoms with Crippen LogP contribution in [0.3, 0.4) is 0 Å². The third-order valence-electron chi connectivity index (χ3n) is 6.98. The summed E-state index contributed by atoms with van der Waals surface area (Å²) in [5.74, 6) is -77.2. The molecular weight excluding hydrogens is 879 g/mol. The van der Waals surface area contributed by atoms with Crippen molar-refractivity contribution in [2.24, 2.45) is 0 Å². The van der Waals surface area contributed by atoms with Crippen molar-refractivity contribution in [3.63, 3.8) is 0 Å². The molecule has 1 N–H and O–H groups in total. The minimum absolute atomic E-state index is 0.0213. The van der Waals surface area contributed by atoms with Gasteiger partial charge in [0.05, 0.1) is 112 Å². The molecule has 350 valence electrons. The highest BCUT2D eigenvalue weighted by Crippen LogP contribution is 2.66. The van der Waals surface area contributed by atoms with Crippen LogP contribution >= 0.6 is 0 Å². The minimum atomic E-state index is -9.21. The van der Waals surface area contributed by atoms with E-state index < -0.39 is 85.7 Å². The Hall–Kier alpha value is -1.83. The minimum Gasteiger partial charge on any atom is -0.394 e. The van der Waals surface area contributed by atoms with E-state index in [1.54, 1.807) is 0 Å². The van der Waals surface area contributed by atoms with E-state index in [2.05, 4.69) is 4.74 Å². The summed E-state index contributed by atoms with van der Waals surface area (Å²) in [6, 6.07) is 0. The molecule has 0 aromatic carbocycles. The van der Waals surface area contributed by atoms with Gasteiger partial charge in [-0.2, -0.15) is 92.2 Å². The Morgan fingerprint density at radius 3 is 0.655 bits per heavy atom. The van der Waals surface area contributed by atoms with Crippen LogP contribution in [0.5, 0.6) is 0 Å². The van der Waals surface area contributed by atoms with Gasteiger partial charge >= 0.3 is 59.5 Å². The second kappa shape index (κ2) is 22.9. The molecule has 0 saturated heterocycles. The quantitative estimate of drug-likeness (QED) is 0.0555. The van der Waals surface area contributed by atoms with E-state index in [9.17, 15) is 92.2 Å². The maximum atomic E-state index is 14.0. The molecule has 58 heavy (non-hydrogen) atoms. The highest BCUT2D eigenvalue weighted by molar-refractivity contribution is 5.17. The van der Waals surface area contributed by atoms with Gasteiger partial charge in [-0.1, -0.05) is 0 Å². The van der Waals surface area contributed by atoms with Gasteiger partial charge in [-0.05, 0) is 0 Å². The summed E-state index contributed by atoms with van der Waals surface area (Å²) in [4.78, 5) is 0. The van der Waals surface area contributed by atoms with Crippen LogP contribution < -0.4 is 0 Å². The van der Waals surface area contributed by atoms with Crippen LogP contribution in [0.2, 0.25) is 0 Å². The Balaban J connectivity index is 4.70. The van der Waals surface area contributed by atoms with Crippen molar-refractivity contribution in [1.82, 2.24) is 0 Å². The van der Waals surface area contributed by atoms with Gasteiger partial charge in [-0.15, -0.1) is 0 Å². The molecule has 0 spiro atoms. The maximum Gasteiger partial charge on any atom is 0.460 e. The number of rotatable bonds is 34. The average Bonchev–Trinajstić information content (AvgIpc) is 3.10. The van der Waals surface area contributed by atoms with Crippen molar-refractivity contribution >= 4 is 0 Å². The molecule has 0 aromatic heterocycles. The zero-order valence-electron chi connectivity index (χ0n) is 29.4. The van der Waals surface area contributed by atoms with Crippen molar-refractivity contribution in [1.29, 1.82) is 0 Å². The number of halogens is 21. The molecular formula is C28H37F21O9. The lowest BCUT2D eigenvalue weighted by atomic mass is 9.86. The van der Waals surface area contributed by atoms with E-state index in [1.165, 1.54) is 0 Å². The molecule has 0 heterocycles. The molecule has 9 nitrogen and oxygen atoms in total. The zero-order valence-corrected chi connectivity index (χ0v) is 29.4. The van der Waals surface area contributed by atoms with E-state index >= 15 is 0 Å². The summed E-state index contributed by atoms with van der Waals surface area (Å²) < 4.78 is 322. The van der Waals surface area contributed by atoms with Crippen LogP contribution in [0.15, 0.2) is 0 Å². The molecule has 0 fully saturated rings. The van der Waals surface area contributed by atoms with E-state index in [4.69, 9.17) is 38.3 Å². The fourth-order valence-corrected chi connectivity index (χ4v) is 3.65. The first-order valence-electron chi connectivity index (χ1n) is 16.0. The topological polar surface area (TPSA) is 94.1 Å². The van der Waals surface area contributed by atoms with Gasteiger partial charge in [-0.3, -0.25) is 0 Å². The number of aliphatic hydroxyl groups is 1. The lowest BCUT2D eigenvalue weighted by Crippen LogP contribution is -2.76. The van der Waals surface area contributed by atoms with E-state index in [0.29, 0.717) is 26.4 Å². The first-order valence-corrected chi connectivity index (χ1v) is 16.0. The first-order chi connectivity index (χ1) is 26.3. The monoisotopic (exact) mass is 916 g/mol. The Morgan fingerprint density at radius 2 is 0.431 bits per heavy atom. The third-order valence-corrected chi connectivity index (χ3v) is 6.98. The number of alkyl halides is 21. The summed E-state index contributed by atoms with van der Waals surface area (Å²) in [5, 5.41) is 8.53. The highest BCUT2D eigenvalue weighted by atomic mass is 19.4. The lowest BCUT2D eigenvalue weighted by Gasteiger charge is -2.44.